The molecule has 4 atom stereocenters. The standard InChI is InChI=1S/C18H16FNO3/c19-14-8-6-13(7-9-14)17-16(12-4-2-1-3-5-12)15(10-11-21)18(17)20(22)23/h1-9,11,15-18H,10H2/t15-,16-,17+,18+/m1/s1. The summed E-state index contributed by atoms with van der Waals surface area (Å²) in [7, 11) is 0. The van der Waals surface area contributed by atoms with Gasteiger partial charge in [0.2, 0.25) is 6.04 Å². The second kappa shape index (κ2) is 6.28. The predicted molar refractivity (Wildman–Crippen MR) is 83.3 cm³/mol. The zero-order valence-electron chi connectivity index (χ0n) is 12.3. The molecule has 0 heterocycles. The van der Waals surface area contributed by atoms with Crippen molar-refractivity contribution in [2.45, 2.75) is 24.3 Å². The van der Waals surface area contributed by atoms with Gasteiger partial charge in [0.1, 0.15) is 12.1 Å². The van der Waals surface area contributed by atoms with E-state index >= 15 is 0 Å². The van der Waals surface area contributed by atoms with Crippen LogP contribution in [0.5, 0.6) is 0 Å². The predicted octanol–water partition coefficient (Wildman–Crippen LogP) is 3.56. The zero-order chi connectivity index (χ0) is 16.4. The Labute approximate surface area is 133 Å². The number of nitro groups is 1. The lowest BCUT2D eigenvalue weighted by Crippen LogP contribution is -2.52. The molecular formula is C18H16FNO3. The summed E-state index contributed by atoms with van der Waals surface area (Å²) in [6, 6.07) is 14.5. The van der Waals surface area contributed by atoms with E-state index < -0.39 is 6.04 Å². The van der Waals surface area contributed by atoms with Gasteiger partial charge in [0.15, 0.2) is 0 Å². The molecule has 0 unspecified atom stereocenters. The first-order chi connectivity index (χ1) is 11.1. The molecule has 2 aromatic rings. The van der Waals surface area contributed by atoms with Crippen LogP contribution in [0.1, 0.15) is 29.4 Å². The highest BCUT2D eigenvalue weighted by Crippen LogP contribution is 2.55. The number of hydrogen-bond donors (Lipinski definition) is 0. The summed E-state index contributed by atoms with van der Waals surface area (Å²) >= 11 is 0. The normalized spacial score (nSPS) is 26.3. The lowest BCUT2D eigenvalue weighted by Gasteiger charge is -2.46. The van der Waals surface area contributed by atoms with Crippen LogP contribution >= 0.6 is 0 Å². The van der Waals surface area contributed by atoms with Crippen LogP contribution in [0.2, 0.25) is 0 Å². The lowest BCUT2D eigenvalue weighted by molar-refractivity contribution is -0.554. The highest BCUT2D eigenvalue weighted by Gasteiger charge is 2.58. The first kappa shape index (κ1) is 15.3. The molecule has 1 saturated carbocycles. The van der Waals surface area contributed by atoms with Crippen molar-refractivity contribution in [2.24, 2.45) is 5.92 Å². The maximum atomic E-state index is 13.2. The van der Waals surface area contributed by atoms with Crippen LogP contribution < -0.4 is 0 Å². The Bertz CT molecular complexity index is 702. The number of carbonyl (C=O) groups excluding carboxylic acids is 1. The van der Waals surface area contributed by atoms with Crippen LogP contribution in [-0.4, -0.2) is 17.3 Å². The van der Waals surface area contributed by atoms with Crippen molar-refractivity contribution in [2.75, 3.05) is 0 Å². The van der Waals surface area contributed by atoms with Crippen LogP contribution in [0.25, 0.3) is 0 Å². The summed E-state index contributed by atoms with van der Waals surface area (Å²) in [5.74, 6) is -1.16. The summed E-state index contributed by atoms with van der Waals surface area (Å²) in [5.41, 5.74) is 1.72. The molecule has 0 aliphatic heterocycles. The van der Waals surface area contributed by atoms with Gasteiger partial charge in [0.25, 0.3) is 0 Å². The van der Waals surface area contributed by atoms with E-state index in [1.54, 1.807) is 12.1 Å². The average Bonchev–Trinajstić information content (AvgIpc) is 2.53. The van der Waals surface area contributed by atoms with Crippen LogP contribution in [0.15, 0.2) is 54.6 Å². The van der Waals surface area contributed by atoms with Gasteiger partial charge >= 0.3 is 0 Å². The molecule has 4 nitrogen and oxygen atoms in total. The molecule has 23 heavy (non-hydrogen) atoms. The molecule has 0 saturated heterocycles. The maximum absolute atomic E-state index is 13.2. The minimum absolute atomic E-state index is 0.109. The number of carbonyl (C=O) groups is 1. The molecule has 0 spiro atoms. The SMILES string of the molecule is O=CC[C@@H]1[C@@H](c2ccccc2)[C@H](c2ccc(F)cc2)[C@H]1[N+](=O)[O-]. The van der Waals surface area contributed by atoms with Gasteiger partial charge in [-0.25, -0.2) is 4.39 Å². The van der Waals surface area contributed by atoms with E-state index in [4.69, 9.17) is 0 Å². The van der Waals surface area contributed by atoms with Crippen molar-refractivity contribution in [3.63, 3.8) is 0 Å². The largest absolute Gasteiger partial charge is 0.303 e. The van der Waals surface area contributed by atoms with Gasteiger partial charge in [-0.3, -0.25) is 10.1 Å². The quantitative estimate of drug-likeness (QED) is 0.482. The van der Waals surface area contributed by atoms with Gasteiger partial charge in [-0.2, -0.15) is 0 Å². The summed E-state index contributed by atoms with van der Waals surface area (Å²) < 4.78 is 13.2. The van der Waals surface area contributed by atoms with Gasteiger partial charge in [-0.1, -0.05) is 42.5 Å². The monoisotopic (exact) mass is 313 g/mol. The molecule has 2 aromatic carbocycles. The first-order valence-electron chi connectivity index (χ1n) is 7.51. The third-order valence-corrected chi connectivity index (χ3v) is 4.71. The van der Waals surface area contributed by atoms with E-state index in [9.17, 15) is 19.3 Å². The third-order valence-electron chi connectivity index (χ3n) is 4.71. The Balaban J connectivity index is 2.02. The Morgan fingerprint density at radius 2 is 1.61 bits per heavy atom. The Kier molecular flexibility index (Phi) is 4.19. The van der Waals surface area contributed by atoms with Gasteiger partial charge in [0, 0.05) is 23.2 Å². The fraction of sp³-hybridized carbons (Fsp3) is 0.278. The molecule has 1 aliphatic rings. The summed E-state index contributed by atoms with van der Waals surface area (Å²) in [6.07, 6.45) is 0.904. The number of nitrogens with zero attached hydrogens (tertiary/aromatic N) is 1. The van der Waals surface area contributed by atoms with E-state index in [1.165, 1.54) is 12.1 Å². The van der Waals surface area contributed by atoms with Crippen LogP contribution in [0, 0.1) is 21.8 Å². The second-order valence-corrected chi connectivity index (χ2v) is 5.86. The summed E-state index contributed by atoms with van der Waals surface area (Å²) in [5, 5.41) is 11.5. The van der Waals surface area contributed by atoms with Crippen molar-refractivity contribution in [1.82, 2.24) is 0 Å². The number of benzene rings is 2. The van der Waals surface area contributed by atoms with Gasteiger partial charge in [-0.05, 0) is 23.3 Å². The lowest BCUT2D eigenvalue weighted by atomic mass is 9.55. The molecular weight excluding hydrogens is 297 g/mol. The van der Waals surface area contributed by atoms with Crippen LogP contribution in [0.4, 0.5) is 4.39 Å². The van der Waals surface area contributed by atoms with E-state index in [1.807, 2.05) is 30.3 Å². The third kappa shape index (κ3) is 2.74. The Morgan fingerprint density at radius 3 is 2.17 bits per heavy atom. The second-order valence-electron chi connectivity index (χ2n) is 5.86. The molecule has 0 radical (unpaired) electrons. The fourth-order valence-electron chi connectivity index (χ4n) is 3.72. The fourth-order valence-corrected chi connectivity index (χ4v) is 3.72. The minimum atomic E-state index is -0.823. The molecule has 0 aromatic heterocycles. The van der Waals surface area contributed by atoms with E-state index in [-0.39, 0.29) is 34.9 Å². The molecule has 0 bridgehead atoms. The number of rotatable bonds is 5. The smallest absolute Gasteiger partial charge is 0.224 e. The highest BCUT2D eigenvalue weighted by molar-refractivity contribution is 5.52. The summed E-state index contributed by atoms with van der Waals surface area (Å²) in [4.78, 5) is 22.2. The molecule has 1 fully saturated rings. The summed E-state index contributed by atoms with van der Waals surface area (Å²) in [6.45, 7) is 0. The Morgan fingerprint density at radius 1 is 1.00 bits per heavy atom. The molecule has 1 aliphatic carbocycles. The number of hydrogen-bond acceptors (Lipinski definition) is 3. The average molecular weight is 313 g/mol. The highest BCUT2D eigenvalue weighted by atomic mass is 19.1. The van der Waals surface area contributed by atoms with Crippen molar-refractivity contribution < 1.29 is 14.1 Å². The van der Waals surface area contributed by atoms with E-state index in [2.05, 4.69) is 0 Å². The van der Waals surface area contributed by atoms with Crippen molar-refractivity contribution in [1.29, 1.82) is 0 Å². The van der Waals surface area contributed by atoms with Gasteiger partial charge in [0.05, 0.1) is 5.92 Å². The van der Waals surface area contributed by atoms with Crippen molar-refractivity contribution in [3.05, 3.63) is 81.7 Å². The van der Waals surface area contributed by atoms with Crippen molar-refractivity contribution >= 4 is 6.29 Å². The molecule has 5 heteroatoms. The van der Waals surface area contributed by atoms with E-state index in [0.717, 1.165) is 17.4 Å². The minimum Gasteiger partial charge on any atom is -0.303 e. The topological polar surface area (TPSA) is 60.2 Å². The first-order valence-corrected chi connectivity index (χ1v) is 7.51. The van der Waals surface area contributed by atoms with Crippen LogP contribution in [-0.2, 0) is 4.79 Å². The zero-order valence-corrected chi connectivity index (χ0v) is 12.3. The molecule has 0 N–H and O–H groups in total. The van der Waals surface area contributed by atoms with E-state index in [0.29, 0.717) is 0 Å². The maximum Gasteiger partial charge on any atom is 0.224 e. The number of halogens is 1. The molecule has 3 rings (SSSR count). The van der Waals surface area contributed by atoms with Crippen LogP contribution in [0.3, 0.4) is 0 Å². The number of aldehydes is 1. The molecule has 0 amide bonds. The van der Waals surface area contributed by atoms with Crippen molar-refractivity contribution in [3.8, 4) is 0 Å². The van der Waals surface area contributed by atoms with Gasteiger partial charge < -0.3 is 4.79 Å². The molecule has 118 valence electrons. The van der Waals surface area contributed by atoms with Gasteiger partial charge in [-0.15, -0.1) is 0 Å². The Hall–Kier alpha value is -2.56.